The van der Waals surface area contributed by atoms with E-state index < -0.39 is 0 Å². The number of hydrogen-bond donors (Lipinski definition) is 1. The second-order valence-electron chi connectivity index (χ2n) is 3.66. The van der Waals surface area contributed by atoms with Crippen LogP contribution in [0.2, 0.25) is 0 Å². The predicted molar refractivity (Wildman–Crippen MR) is 64.6 cm³/mol. The van der Waals surface area contributed by atoms with Gasteiger partial charge in [-0.25, -0.2) is 0 Å². The number of furan rings is 1. The van der Waals surface area contributed by atoms with Crippen molar-refractivity contribution in [1.29, 1.82) is 0 Å². The van der Waals surface area contributed by atoms with Crippen molar-refractivity contribution in [3.8, 4) is 11.3 Å². The molecule has 0 radical (unpaired) electrons. The Bertz CT molecular complexity index is 491. The molecule has 0 aliphatic heterocycles. The molecule has 4 heteroatoms. The van der Waals surface area contributed by atoms with Gasteiger partial charge in [0.25, 0.3) is 5.91 Å². The van der Waals surface area contributed by atoms with Gasteiger partial charge >= 0.3 is 0 Å². The Morgan fingerprint density at radius 3 is 2.76 bits per heavy atom. The monoisotopic (exact) mass is 230 g/mol. The normalized spacial score (nSPS) is 10.2. The number of aromatic nitrogens is 1. The third-order valence-corrected chi connectivity index (χ3v) is 2.33. The molecule has 2 aromatic rings. The summed E-state index contributed by atoms with van der Waals surface area (Å²) in [7, 11) is 0. The van der Waals surface area contributed by atoms with Crippen LogP contribution < -0.4 is 5.32 Å². The number of pyridine rings is 1. The molecule has 2 heterocycles. The van der Waals surface area contributed by atoms with Crippen molar-refractivity contribution >= 4 is 5.91 Å². The van der Waals surface area contributed by atoms with Crippen LogP contribution in [0, 0.1) is 0 Å². The van der Waals surface area contributed by atoms with E-state index in [1.54, 1.807) is 24.5 Å². The molecule has 0 bridgehead atoms. The standard InChI is InChI=1S/C13H14N2O2/c1-2-7-15-13(16)12-4-3-11(17-12)10-5-8-14-9-6-10/h3-6,8-9H,2,7H2,1H3,(H,15,16). The molecule has 0 aliphatic rings. The smallest absolute Gasteiger partial charge is 0.287 e. The molecule has 0 aliphatic carbocycles. The summed E-state index contributed by atoms with van der Waals surface area (Å²) in [5.41, 5.74) is 0.912. The Hall–Kier alpha value is -2.10. The zero-order valence-corrected chi connectivity index (χ0v) is 9.64. The third-order valence-electron chi connectivity index (χ3n) is 2.33. The molecule has 88 valence electrons. The Morgan fingerprint density at radius 1 is 1.29 bits per heavy atom. The van der Waals surface area contributed by atoms with Crippen LogP contribution in [-0.2, 0) is 0 Å². The highest BCUT2D eigenvalue weighted by Gasteiger charge is 2.10. The maximum Gasteiger partial charge on any atom is 0.287 e. The van der Waals surface area contributed by atoms with Gasteiger partial charge in [-0.1, -0.05) is 6.92 Å². The van der Waals surface area contributed by atoms with Crippen LogP contribution in [0.4, 0.5) is 0 Å². The Kier molecular flexibility index (Phi) is 3.55. The van der Waals surface area contributed by atoms with Gasteiger partial charge in [-0.05, 0) is 30.7 Å². The molecule has 0 aromatic carbocycles. The van der Waals surface area contributed by atoms with E-state index in [2.05, 4.69) is 10.3 Å². The zero-order valence-electron chi connectivity index (χ0n) is 9.64. The van der Waals surface area contributed by atoms with Gasteiger partial charge in [0.15, 0.2) is 5.76 Å². The van der Waals surface area contributed by atoms with Crippen LogP contribution in [0.3, 0.4) is 0 Å². The third kappa shape index (κ3) is 2.72. The van der Waals surface area contributed by atoms with E-state index >= 15 is 0 Å². The van der Waals surface area contributed by atoms with E-state index in [0.717, 1.165) is 12.0 Å². The minimum atomic E-state index is -0.174. The summed E-state index contributed by atoms with van der Waals surface area (Å²) in [5, 5.41) is 2.77. The lowest BCUT2D eigenvalue weighted by atomic mass is 10.2. The van der Waals surface area contributed by atoms with Crippen molar-refractivity contribution in [2.24, 2.45) is 0 Å². The second-order valence-corrected chi connectivity index (χ2v) is 3.66. The van der Waals surface area contributed by atoms with Crippen LogP contribution in [-0.4, -0.2) is 17.4 Å². The fourth-order valence-electron chi connectivity index (χ4n) is 1.46. The number of amides is 1. The largest absolute Gasteiger partial charge is 0.451 e. The highest BCUT2D eigenvalue weighted by molar-refractivity contribution is 5.92. The molecule has 0 fully saturated rings. The van der Waals surface area contributed by atoms with Crippen molar-refractivity contribution in [2.45, 2.75) is 13.3 Å². The van der Waals surface area contributed by atoms with Crippen LogP contribution in [0.1, 0.15) is 23.9 Å². The molecule has 0 unspecified atom stereocenters. The number of carbonyl (C=O) groups excluding carboxylic acids is 1. The van der Waals surface area contributed by atoms with E-state index in [1.165, 1.54) is 0 Å². The van der Waals surface area contributed by atoms with E-state index in [1.807, 2.05) is 19.1 Å². The summed E-state index contributed by atoms with van der Waals surface area (Å²) in [6.45, 7) is 2.66. The Balaban J connectivity index is 2.14. The summed E-state index contributed by atoms with van der Waals surface area (Å²) < 4.78 is 5.49. The Morgan fingerprint density at radius 2 is 2.06 bits per heavy atom. The minimum Gasteiger partial charge on any atom is -0.451 e. The van der Waals surface area contributed by atoms with Gasteiger partial charge < -0.3 is 9.73 Å². The van der Waals surface area contributed by atoms with Gasteiger partial charge in [-0.15, -0.1) is 0 Å². The summed E-state index contributed by atoms with van der Waals surface area (Å²) in [6, 6.07) is 7.15. The predicted octanol–water partition coefficient (Wildman–Crippen LogP) is 2.48. The first-order chi connectivity index (χ1) is 8.31. The van der Waals surface area contributed by atoms with E-state index in [-0.39, 0.29) is 5.91 Å². The molecule has 1 N–H and O–H groups in total. The van der Waals surface area contributed by atoms with Gasteiger partial charge in [-0.2, -0.15) is 0 Å². The van der Waals surface area contributed by atoms with Crippen LogP contribution >= 0.6 is 0 Å². The minimum absolute atomic E-state index is 0.174. The molecule has 4 nitrogen and oxygen atoms in total. The number of nitrogens with one attached hydrogen (secondary N) is 1. The molecule has 2 rings (SSSR count). The molecule has 1 amide bonds. The summed E-state index contributed by atoms with van der Waals surface area (Å²) in [5.74, 6) is 0.839. The van der Waals surface area contributed by atoms with E-state index in [0.29, 0.717) is 18.1 Å². The average molecular weight is 230 g/mol. The van der Waals surface area contributed by atoms with Crippen molar-refractivity contribution < 1.29 is 9.21 Å². The Labute approximate surface area is 99.7 Å². The maximum absolute atomic E-state index is 11.6. The molecule has 0 saturated carbocycles. The lowest BCUT2D eigenvalue weighted by Gasteiger charge is -1.99. The van der Waals surface area contributed by atoms with Gasteiger partial charge in [0.05, 0.1) is 0 Å². The van der Waals surface area contributed by atoms with Gasteiger partial charge in [0.1, 0.15) is 5.76 Å². The van der Waals surface area contributed by atoms with Gasteiger partial charge in [-0.3, -0.25) is 9.78 Å². The molecule has 2 aromatic heterocycles. The lowest BCUT2D eigenvalue weighted by Crippen LogP contribution is -2.23. The average Bonchev–Trinajstić information content (AvgIpc) is 2.86. The van der Waals surface area contributed by atoms with E-state index in [9.17, 15) is 4.79 Å². The first-order valence-electron chi connectivity index (χ1n) is 5.59. The first-order valence-corrected chi connectivity index (χ1v) is 5.59. The van der Waals surface area contributed by atoms with Crippen molar-refractivity contribution in [1.82, 2.24) is 10.3 Å². The maximum atomic E-state index is 11.6. The molecular weight excluding hydrogens is 216 g/mol. The van der Waals surface area contributed by atoms with Crippen molar-refractivity contribution in [3.05, 3.63) is 42.4 Å². The second kappa shape index (κ2) is 5.30. The number of carbonyl (C=O) groups is 1. The number of hydrogen-bond acceptors (Lipinski definition) is 3. The zero-order chi connectivity index (χ0) is 12.1. The molecular formula is C13H14N2O2. The molecule has 0 spiro atoms. The molecule has 0 saturated heterocycles. The summed E-state index contributed by atoms with van der Waals surface area (Å²) >= 11 is 0. The first kappa shape index (κ1) is 11.4. The molecule has 17 heavy (non-hydrogen) atoms. The highest BCUT2D eigenvalue weighted by Crippen LogP contribution is 2.20. The van der Waals surface area contributed by atoms with Crippen LogP contribution in [0.15, 0.2) is 41.1 Å². The van der Waals surface area contributed by atoms with Crippen molar-refractivity contribution in [2.75, 3.05) is 6.54 Å². The highest BCUT2D eigenvalue weighted by atomic mass is 16.3. The summed E-state index contributed by atoms with van der Waals surface area (Å²) in [4.78, 5) is 15.6. The molecule has 0 atom stereocenters. The van der Waals surface area contributed by atoms with Gasteiger partial charge in [0, 0.05) is 24.5 Å². The quantitative estimate of drug-likeness (QED) is 0.877. The van der Waals surface area contributed by atoms with Crippen LogP contribution in [0.5, 0.6) is 0 Å². The fraction of sp³-hybridized carbons (Fsp3) is 0.231. The van der Waals surface area contributed by atoms with E-state index in [4.69, 9.17) is 4.42 Å². The lowest BCUT2D eigenvalue weighted by molar-refractivity contribution is 0.0927. The fourth-order valence-corrected chi connectivity index (χ4v) is 1.46. The SMILES string of the molecule is CCCNC(=O)c1ccc(-c2ccncc2)o1. The summed E-state index contributed by atoms with van der Waals surface area (Å²) in [6.07, 6.45) is 4.28. The van der Waals surface area contributed by atoms with Crippen LogP contribution in [0.25, 0.3) is 11.3 Å². The van der Waals surface area contributed by atoms with Crippen molar-refractivity contribution in [3.63, 3.8) is 0 Å². The van der Waals surface area contributed by atoms with Gasteiger partial charge in [0.2, 0.25) is 0 Å². The topological polar surface area (TPSA) is 55.1 Å². The number of rotatable bonds is 4. The number of nitrogens with zero attached hydrogens (tertiary/aromatic N) is 1.